The number of anilines is 4. The van der Waals surface area contributed by atoms with Crippen LogP contribution in [0.3, 0.4) is 0 Å². The van der Waals surface area contributed by atoms with Crippen LogP contribution in [0.5, 0.6) is 0 Å². The predicted molar refractivity (Wildman–Crippen MR) is 159 cm³/mol. The minimum absolute atomic E-state index is 0.153. The van der Waals surface area contributed by atoms with Gasteiger partial charge in [-0.1, -0.05) is 13.3 Å². The summed E-state index contributed by atoms with van der Waals surface area (Å²) < 4.78 is 0. The van der Waals surface area contributed by atoms with E-state index in [4.69, 9.17) is 10.7 Å². The summed E-state index contributed by atoms with van der Waals surface area (Å²) in [4.78, 5) is 27.0. The van der Waals surface area contributed by atoms with E-state index in [0.717, 1.165) is 81.1 Å². The number of nitrogens with two attached hydrogens (primary N) is 1. The van der Waals surface area contributed by atoms with Gasteiger partial charge in [-0.15, -0.1) is 0 Å². The van der Waals surface area contributed by atoms with Gasteiger partial charge >= 0.3 is 0 Å². The van der Waals surface area contributed by atoms with Gasteiger partial charge in [-0.2, -0.15) is 0 Å². The maximum absolute atomic E-state index is 12.3. The van der Waals surface area contributed by atoms with E-state index in [-0.39, 0.29) is 17.8 Å². The number of amides is 1. The largest absolute Gasteiger partial charge is 0.393 e. The molecule has 1 aromatic heterocycles. The van der Waals surface area contributed by atoms with Crippen molar-refractivity contribution in [2.45, 2.75) is 89.8 Å². The molecule has 4 aliphatic rings. The molecule has 5 N–H and O–H groups in total. The van der Waals surface area contributed by atoms with Crippen LogP contribution in [-0.4, -0.2) is 70.2 Å². The first kappa shape index (κ1) is 27.3. The molecule has 9 nitrogen and oxygen atoms in total. The van der Waals surface area contributed by atoms with Gasteiger partial charge < -0.3 is 26.4 Å². The molecule has 1 aliphatic heterocycles. The zero-order chi connectivity index (χ0) is 27.8. The summed E-state index contributed by atoms with van der Waals surface area (Å²) in [6, 6.07) is 7.39. The number of nitrogens with zero attached hydrogens (tertiary/aromatic N) is 4. The van der Waals surface area contributed by atoms with Crippen molar-refractivity contribution in [3.8, 4) is 0 Å². The fourth-order valence-corrected chi connectivity index (χ4v) is 7.68. The average Bonchev–Trinajstić information content (AvgIpc) is 3.59. The van der Waals surface area contributed by atoms with E-state index >= 15 is 0 Å². The highest BCUT2D eigenvalue weighted by molar-refractivity contribution is 5.96. The van der Waals surface area contributed by atoms with Crippen LogP contribution in [0.15, 0.2) is 18.2 Å². The Labute approximate surface area is 237 Å². The predicted octanol–water partition coefficient (Wildman–Crippen LogP) is 4.22. The van der Waals surface area contributed by atoms with Crippen molar-refractivity contribution in [2.75, 3.05) is 41.7 Å². The second kappa shape index (κ2) is 11.5. The molecule has 3 aliphatic carbocycles. The Morgan fingerprint density at radius 2 is 1.80 bits per heavy atom. The van der Waals surface area contributed by atoms with Crippen LogP contribution in [0.1, 0.15) is 80.0 Å². The summed E-state index contributed by atoms with van der Waals surface area (Å²) >= 11 is 0. The molecule has 1 saturated heterocycles. The van der Waals surface area contributed by atoms with Crippen LogP contribution in [0.4, 0.5) is 23.0 Å². The van der Waals surface area contributed by atoms with Gasteiger partial charge in [0.15, 0.2) is 11.5 Å². The molecule has 0 radical (unpaired) electrons. The molecular formula is C31H45N7O2. The normalized spacial score (nSPS) is 28.6. The Kier molecular flexibility index (Phi) is 7.86. The highest BCUT2D eigenvalue weighted by atomic mass is 16.3. The number of aliphatic hydroxyl groups is 1. The third kappa shape index (κ3) is 5.63. The maximum Gasteiger partial charge on any atom is 0.271 e. The molecule has 3 atom stereocenters. The summed E-state index contributed by atoms with van der Waals surface area (Å²) in [6.45, 7) is 8.55. The summed E-state index contributed by atoms with van der Waals surface area (Å²) in [5.41, 5.74) is 9.92. The Morgan fingerprint density at radius 1 is 1.02 bits per heavy atom. The Morgan fingerprint density at radius 3 is 2.42 bits per heavy atom. The summed E-state index contributed by atoms with van der Waals surface area (Å²) in [6.07, 6.45) is 9.50. The van der Waals surface area contributed by atoms with E-state index in [1.54, 1.807) is 0 Å². The first-order chi connectivity index (χ1) is 19.4. The quantitative estimate of drug-likeness (QED) is 0.388. The summed E-state index contributed by atoms with van der Waals surface area (Å²) in [7, 11) is 0. The molecule has 3 unspecified atom stereocenters. The van der Waals surface area contributed by atoms with Crippen molar-refractivity contribution in [1.82, 2.24) is 14.9 Å². The minimum atomic E-state index is -0.598. The molecule has 1 aromatic carbocycles. The van der Waals surface area contributed by atoms with Gasteiger partial charge in [0.2, 0.25) is 0 Å². The summed E-state index contributed by atoms with van der Waals surface area (Å²) in [5.74, 6) is 2.38. The van der Waals surface area contributed by atoms with E-state index in [0.29, 0.717) is 18.1 Å². The zero-order valence-corrected chi connectivity index (χ0v) is 24.0. The summed E-state index contributed by atoms with van der Waals surface area (Å²) in [5, 5.41) is 16.7. The van der Waals surface area contributed by atoms with Crippen LogP contribution in [0, 0.1) is 18.8 Å². The molecular weight excluding hydrogens is 502 g/mol. The van der Waals surface area contributed by atoms with Crippen molar-refractivity contribution >= 4 is 28.9 Å². The van der Waals surface area contributed by atoms with E-state index in [1.807, 2.05) is 6.92 Å². The maximum atomic E-state index is 12.3. The monoisotopic (exact) mass is 547 g/mol. The molecule has 216 valence electrons. The molecule has 6 rings (SSSR count). The van der Waals surface area contributed by atoms with E-state index < -0.39 is 5.91 Å². The lowest BCUT2D eigenvalue weighted by Crippen LogP contribution is -2.51. The number of primary amides is 1. The number of aryl methyl sites for hydroxylation is 2. The minimum Gasteiger partial charge on any atom is -0.393 e. The zero-order valence-electron chi connectivity index (χ0n) is 24.0. The van der Waals surface area contributed by atoms with E-state index in [1.165, 1.54) is 36.9 Å². The number of hydrogen-bond acceptors (Lipinski definition) is 8. The van der Waals surface area contributed by atoms with Crippen LogP contribution in [-0.2, 0) is 6.42 Å². The van der Waals surface area contributed by atoms with Crippen molar-refractivity contribution < 1.29 is 9.90 Å². The van der Waals surface area contributed by atoms with E-state index in [2.05, 4.69) is 50.5 Å². The molecule has 2 aromatic rings. The van der Waals surface area contributed by atoms with Crippen molar-refractivity contribution in [3.05, 3.63) is 35.2 Å². The second-order valence-corrected chi connectivity index (χ2v) is 12.5. The topological polar surface area (TPSA) is 120 Å². The number of fused-ring (bicyclic) bond motifs is 2. The third-order valence-electron chi connectivity index (χ3n) is 9.86. The number of carbonyl (C=O) groups excluding carboxylic acids is 1. The van der Waals surface area contributed by atoms with Crippen LogP contribution in [0.2, 0.25) is 0 Å². The second-order valence-electron chi connectivity index (χ2n) is 12.5. The number of aliphatic hydroxyl groups excluding tert-OH is 1. The van der Waals surface area contributed by atoms with Gasteiger partial charge in [0.25, 0.3) is 5.91 Å². The number of hydrogen-bond donors (Lipinski definition) is 4. The lowest BCUT2D eigenvalue weighted by atomic mass is 9.93. The number of piperazine rings is 1. The lowest BCUT2D eigenvalue weighted by Gasteiger charge is -2.42. The van der Waals surface area contributed by atoms with Crippen LogP contribution >= 0.6 is 0 Å². The fourth-order valence-electron chi connectivity index (χ4n) is 7.68. The first-order valence-electron chi connectivity index (χ1n) is 15.4. The molecule has 4 fully saturated rings. The fraction of sp³-hybridized carbons (Fsp3) is 0.645. The SMILES string of the molecule is CCc1nc(C(N)=O)c(Nc2ccc(N3CCN(C4CC5CCC4C5)CC3)c(C)c2)nc1NC1CCC(O)CC1. The number of nitrogens with one attached hydrogen (secondary N) is 2. The highest BCUT2D eigenvalue weighted by Crippen LogP contribution is 2.47. The van der Waals surface area contributed by atoms with Gasteiger partial charge in [-0.3, -0.25) is 9.69 Å². The molecule has 1 amide bonds. The number of rotatable bonds is 8. The molecule has 0 spiro atoms. The van der Waals surface area contributed by atoms with Crippen molar-refractivity contribution in [2.24, 2.45) is 17.6 Å². The molecule has 2 bridgehead atoms. The number of aromatic nitrogens is 2. The number of carbonyl (C=O) groups is 1. The van der Waals surface area contributed by atoms with Gasteiger partial charge in [0, 0.05) is 49.6 Å². The lowest BCUT2D eigenvalue weighted by molar-refractivity contribution is 0.0996. The molecule has 40 heavy (non-hydrogen) atoms. The highest BCUT2D eigenvalue weighted by Gasteiger charge is 2.42. The van der Waals surface area contributed by atoms with Crippen molar-refractivity contribution in [1.29, 1.82) is 0 Å². The Hall–Kier alpha value is -2.91. The first-order valence-corrected chi connectivity index (χ1v) is 15.4. The smallest absolute Gasteiger partial charge is 0.271 e. The standard InChI is InChI=1S/C31H45N7O2/c1-3-25-30(33-22-6-9-24(39)10-7-22)36-31(28(35-25)29(32)40)34-23-8-11-26(19(2)16-23)37-12-14-38(15-13-37)27-18-20-4-5-21(27)17-20/h8,11,16,20-22,24,27,39H,3-7,9-10,12-15,17-18H2,1-2H3,(H2,32,40)(H2,33,34,36). The van der Waals surface area contributed by atoms with Gasteiger partial charge in [-0.05, 0) is 93.9 Å². The molecule has 2 heterocycles. The van der Waals surface area contributed by atoms with E-state index in [9.17, 15) is 9.90 Å². The van der Waals surface area contributed by atoms with Gasteiger partial charge in [0.1, 0.15) is 5.82 Å². The van der Waals surface area contributed by atoms with Crippen molar-refractivity contribution in [3.63, 3.8) is 0 Å². The Balaban J connectivity index is 1.15. The van der Waals surface area contributed by atoms with Crippen LogP contribution in [0.25, 0.3) is 0 Å². The Bertz CT molecular complexity index is 1220. The third-order valence-corrected chi connectivity index (χ3v) is 9.86. The molecule has 3 saturated carbocycles. The molecule has 9 heteroatoms. The van der Waals surface area contributed by atoms with Crippen LogP contribution < -0.4 is 21.3 Å². The number of benzene rings is 1. The average molecular weight is 548 g/mol. The van der Waals surface area contributed by atoms with Gasteiger partial charge in [-0.25, -0.2) is 9.97 Å². The van der Waals surface area contributed by atoms with Gasteiger partial charge in [0.05, 0.1) is 11.8 Å².